The van der Waals surface area contributed by atoms with Crippen molar-refractivity contribution >= 4 is 21.6 Å². The Kier molecular flexibility index (Phi) is 4.68. The second kappa shape index (κ2) is 5.62. The van der Waals surface area contributed by atoms with Crippen LogP contribution in [0, 0.1) is 0 Å². The second-order valence-corrected chi connectivity index (χ2v) is 6.01. The van der Waals surface area contributed by atoms with Crippen LogP contribution in [0.3, 0.4) is 0 Å². The van der Waals surface area contributed by atoms with Gasteiger partial charge in [-0.1, -0.05) is 30.7 Å². The fourth-order valence-corrected chi connectivity index (χ4v) is 3.27. The van der Waals surface area contributed by atoms with E-state index in [0.29, 0.717) is 6.54 Å². The molecule has 0 amide bonds. The molecule has 0 aliphatic rings. The molecule has 17 heavy (non-hydrogen) atoms. The van der Waals surface area contributed by atoms with E-state index in [1.807, 2.05) is 0 Å². The Hall–Kier alpha value is -0.910. The predicted molar refractivity (Wildman–Crippen MR) is 68.5 cm³/mol. The van der Waals surface area contributed by atoms with E-state index in [4.69, 9.17) is 11.6 Å². The molecule has 0 N–H and O–H groups in total. The molecule has 0 aliphatic carbocycles. The first-order valence-corrected chi connectivity index (χ1v) is 6.95. The summed E-state index contributed by atoms with van der Waals surface area (Å²) in [6.07, 6.45) is 2.72. The summed E-state index contributed by atoms with van der Waals surface area (Å²) >= 11 is 5.88. The third-order valence-electron chi connectivity index (χ3n) is 2.15. The summed E-state index contributed by atoms with van der Waals surface area (Å²) in [4.78, 5) is 3.83. The van der Waals surface area contributed by atoms with Gasteiger partial charge in [-0.15, -0.1) is 0 Å². The van der Waals surface area contributed by atoms with Crippen molar-refractivity contribution in [2.45, 2.75) is 18.7 Å². The van der Waals surface area contributed by atoms with E-state index in [9.17, 15) is 8.42 Å². The molecule has 0 unspecified atom stereocenters. The van der Waals surface area contributed by atoms with Crippen molar-refractivity contribution < 1.29 is 8.42 Å². The molecule has 0 bridgehead atoms. The Balaban J connectivity index is 3.18. The molecule has 0 spiro atoms. The Morgan fingerprint density at radius 1 is 1.59 bits per heavy atom. The van der Waals surface area contributed by atoms with Crippen LogP contribution in [0.1, 0.15) is 13.8 Å². The van der Waals surface area contributed by atoms with Gasteiger partial charge in [0.1, 0.15) is 4.90 Å². The number of hydrogen-bond donors (Lipinski definition) is 0. The molecular weight excluding hydrogens is 260 g/mol. The number of hydrogen-bond acceptors (Lipinski definition) is 3. The Morgan fingerprint density at radius 2 is 2.24 bits per heavy atom. The predicted octanol–water partition coefficient (Wildman–Crippen LogP) is 2.32. The van der Waals surface area contributed by atoms with E-state index < -0.39 is 10.0 Å². The molecule has 0 atom stereocenters. The van der Waals surface area contributed by atoms with Gasteiger partial charge in [-0.05, 0) is 13.0 Å². The highest BCUT2D eigenvalue weighted by atomic mass is 35.5. The van der Waals surface area contributed by atoms with Gasteiger partial charge < -0.3 is 0 Å². The van der Waals surface area contributed by atoms with Crippen molar-refractivity contribution in [2.24, 2.45) is 0 Å². The molecule has 0 saturated carbocycles. The maximum atomic E-state index is 12.3. The van der Waals surface area contributed by atoms with Crippen LogP contribution in [-0.4, -0.2) is 30.8 Å². The van der Waals surface area contributed by atoms with Crippen LogP contribution >= 0.6 is 11.6 Å². The van der Waals surface area contributed by atoms with Gasteiger partial charge in [-0.25, -0.2) is 8.42 Å². The lowest BCUT2D eigenvalue weighted by Gasteiger charge is -2.20. The van der Waals surface area contributed by atoms with Crippen LogP contribution in [0.4, 0.5) is 0 Å². The van der Waals surface area contributed by atoms with E-state index in [2.05, 4.69) is 11.6 Å². The summed E-state index contributed by atoms with van der Waals surface area (Å²) in [5.74, 6) is 0. The maximum absolute atomic E-state index is 12.3. The van der Waals surface area contributed by atoms with Gasteiger partial charge in [-0.2, -0.15) is 4.31 Å². The van der Waals surface area contributed by atoms with E-state index in [1.54, 1.807) is 13.8 Å². The number of pyridine rings is 1. The highest BCUT2D eigenvalue weighted by Crippen LogP contribution is 2.23. The minimum absolute atomic E-state index is 0.0322. The van der Waals surface area contributed by atoms with Crippen molar-refractivity contribution in [3.05, 3.63) is 35.6 Å². The maximum Gasteiger partial charge on any atom is 0.246 e. The van der Waals surface area contributed by atoms with Crippen LogP contribution in [0.2, 0.25) is 5.02 Å². The number of aromatic nitrogens is 1. The van der Waals surface area contributed by atoms with Crippen molar-refractivity contribution in [3.63, 3.8) is 0 Å². The van der Waals surface area contributed by atoms with E-state index in [1.165, 1.54) is 22.8 Å². The molecule has 0 fully saturated rings. The molecule has 0 aliphatic heterocycles. The lowest BCUT2D eigenvalue weighted by Crippen LogP contribution is -2.32. The molecule has 1 rings (SSSR count). The van der Waals surface area contributed by atoms with Crippen LogP contribution in [0.5, 0.6) is 0 Å². The van der Waals surface area contributed by atoms with Crippen LogP contribution in [0.15, 0.2) is 35.5 Å². The zero-order chi connectivity index (χ0) is 13.1. The number of rotatable bonds is 5. The number of halogens is 1. The van der Waals surface area contributed by atoms with Gasteiger partial charge in [0.05, 0.1) is 5.02 Å². The molecular formula is C11H15ClN2O2S. The van der Waals surface area contributed by atoms with Gasteiger partial charge in [0.2, 0.25) is 10.0 Å². The van der Waals surface area contributed by atoms with E-state index >= 15 is 0 Å². The lowest BCUT2D eigenvalue weighted by atomic mass is 10.3. The van der Waals surface area contributed by atoms with Crippen molar-refractivity contribution in [1.82, 2.24) is 9.29 Å². The fourth-order valence-electron chi connectivity index (χ4n) is 1.36. The Bertz CT molecular complexity index is 514. The summed E-state index contributed by atoms with van der Waals surface area (Å²) in [5, 5.41) is 0.181. The summed E-state index contributed by atoms with van der Waals surface area (Å²) in [6, 6.07) is 1.46. The third kappa shape index (κ3) is 3.28. The smallest absolute Gasteiger partial charge is 0.246 e. The van der Waals surface area contributed by atoms with Crippen molar-refractivity contribution in [2.75, 3.05) is 13.1 Å². The average molecular weight is 275 g/mol. The second-order valence-electron chi connectivity index (χ2n) is 3.69. The van der Waals surface area contributed by atoms with Gasteiger partial charge in [0.15, 0.2) is 0 Å². The zero-order valence-electron chi connectivity index (χ0n) is 9.85. The zero-order valence-corrected chi connectivity index (χ0v) is 11.4. The summed E-state index contributed by atoms with van der Waals surface area (Å²) in [5.41, 5.74) is 0.774. The van der Waals surface area contributed by atoms with E-state index in [-0.39, 0.29) is 16.5 Å². The topological polar surface area (TPSA) is 50.3 Å². The molecule has 0 radical (unpaired) electrons. The summed E-state index contributed by atoms with van der Waals surface area (Å²) < 4.78 is 25.9. The number of nitrogens with zero attached hydrogens (tertiary/aromatic N) is 2. The molecule has 6 heteroatoms. The van der Waals surface area contributed by atoms with Crippen molar-refractivity contribution in [3.8, 4) is 0 Å². The highest BCUT2D eigenvalue weighted by Gasteiger charge is 2.25. The summed E-state index contributed by atoms with van der Waals surface area (Å²) in [7, 11) is -3.60. The SMILES string of the molecule is C=C(C)CN(CC)S(=O)(=O)c1cnccc1Cl. The first-order valence-electron chi connectivity index (χ1n) is 5.13. The fraction of sp³-hybridized carbons (Fsp3) is 0.364. The molecule has 1 aromatic heterocycles. The molecule has 1 heterocycles. The Labute approximate surface area is 107 Å². The minimum atomic E-state index is -3.60. The van der Waals surface area contributed by atoms with Gasteiger partial charge in [-0.3, -0.25) is 4.98 Å². The van der Waals surface area contributed by atoms with Crippen LogP contribution in [-0.2, 0) is 10.0 Å². The Morgan fingerprint density at radius 3 is 2.71 bits per heavy atom. The van der Waals surface area contributed by atoms with Gasteiger partial charge >= 0.3 is 0 Å². The average Bonchev–Trinajstić information content (AvgIpc) is 2.25. The first-order chi connectivity index (χ1) is 7.89. The molecule has 0 aromatic carbocycles. The molecule has 1 aromatic rings. The highest BCUT2D eigenvalue weighted by molar-refractivity contribution is 7.89. The molecule has 0 saturated heterocycles. The molecule has 94 valence electrons. The number of sulfonamides is 1. The molecule has 4 nitrogen and oxygen atoms in total. The monoisotopic (exact) mass is 274 g/mol. The van der Waals surface area contributed by atoms with Gasteiger partial charge in [0.25, 0.3) is 0 Å². The van der Waals surface area contributed by atoms with E-state index in [0.717, 1.165) is 5.57 Å². The van der Waals surface area contributed by atoms with Gasteiger partial charge in [0, 0.05) is 25.5 Å². The van der Waals surface area contributed by atoms with Crippen molar-refractivity contribution in [1.29, 1.82) is 0 Å². The normalized spacial score (nSPS) is 11.8. The van der Waals surface area contributed by atoms with Crippen LogP contribution in [0.25, 0.3) is 0 Å². The number of likely N-dealkylation sites (N-methyl/N-ethyl adjacent to an activating group) is 1. The third-order valence-corrected chi connectivity index (χ3v) is 4.54. The lowest BCUT2D eigenvalue weighted by molar-refractivity contribution is 0.452. The standard InChI is InChI=1S/C11H15ClN2O2S/c1-4-14(8-9(2)3)17(15,16)11-7-13-6-5-10(11)12/h5-7H,2,4,8H2,1,3H3. The first kappa shape index (κ1) is 14.2. The minimum Gasteiger partial charge on any atom is -0.263 e. The van der Waals surface area contributed by atoms with Crippen LogP contribution < -0.4 is 0 Å². The quantitative estimate of drug-likeness (QED) is 0.775. The summed E-state index contributed by atoms with van der Waals surface area (Å²) in [6.45, 7) is 7.91. The largest absolute Gasteiger partial charge is 0.263 e.